The molecule has 4 aliphatic rings. The zero-order valence-electron chi connectivity index (χ0n) is 56.7. The summed E-state index contributed by atoms with van der Waals surface area (Å²) in [4.78, 5) is 97.6. The first kappa shape index (κ1) is 79.6. The van der Waals surface area contributed by atoms with Crippen molar-refractivity contribution < 1.29 is 101 Å². The Morgan fingerprint density at radius 1 is 0.717 bits per heavy atom. The molecule has 4 N–H and O–H groups in total. The average molecular weight is 1310 g/mol. The van der Waals surface area contributed by atoms with Crippen LogP contribution in [0.25, 0.3) is 0 Å². The van der Waals surface area contributed by atoms with E-state index in [0.29, 0.717) is 136 Å². The van der Waals surface area contributed by atoms with Crippen molar-refractivity contribution in [3.8, 4) is 0 Å². The lowest BCUT2D eigenvalue weighted by molar-refractivity contribution is -0.265. The minimum atomic E-state index is -2.47. The zero-order chi connectivity index (χ0) is 67.6. The molecule has 3 heterocycles. The number of alkyl carbamates (subject to hydrolysis) is 1. The third-order valence-corrected chi connectivity index (χ3v) is 17.8. The number of hydrogen-bond donors (Lipinski definition) is 4. The normalized spacial score (nSPS) is 31.9. The highest BCUT2D eigenvalue weighted by atomic mass is 16.6. The van der Waals surface area contributed by atoms with Gasteiger partial charge in [-0.15, -0.1) is 0 Å². The van der Waals surface area contributed by atoms with Crippen molar-refractivity contribution in [1.82, 2.24) is 15.5 Å². The number of rotatable bonds is 28. The summed E-state index contributed by atoms with van der Waals surface area (Å²) in [5, 5.41) is 29.1. The minimum Gasteiger partial charge on any atom is -0.460 e. The minimum absolute atomic E-state index is 0.0115. The first-order chi connectivity index (χ1) is 44.1. The van der Waals surface area contributed by atoms with E-state index in [1.165, 1.54) is 12.0 Å². The number of esters is 1. The molecular weight excluding hydrogens is 1190 g/mol. The van der Waals surface area contributed by atoms with Gasteiger partial charge in [0.25, 0.3) is 11.7 Å². The fourth-order valence-corrected chi connectivity index (χ4v) is 12.2. The molecule has 3 fully saturated rings. The van der Waals surface area contributed by atoms with E-state index in [1.54, 1.807) is 55.1 Å². The Morgan fingerprint density at radius 3 is 2.01 bits per heavy atom. The van der Waals surface area contributed by atoms with Gasteiger partial charge in [0.05, 0.1) is 91.0 Å². The topological polar surface area (TPSA) is 298 Å². The van der Waals surface area contributed by atoms with Gasteiger partial charge in [-0.3, -0.25) is 24.0 Å². The summed E-state index contributed by atoms with van der Waals surface area (Å²) < 4.78 is 68.3. The van der Waals surface area contributed by atoms with Crippen LogP contribution in [0.5, 0.6) is 0 Å². The van der Waals surface area contributed by atoms with Gasteiger partial charge in [-0.1, -0.05) is 71.1 Å². The highest BCUT2D eigenvalue weighted by Gasteiger charge is 2.53. The lowest BCUT2D eigenvalue weighted by Gasteiger charge is -2.42. The number of methoxy groups -OCH3 is 4. The quantitative estimate of drug-likeness (QED) is 0.0295. The Hall–Kier alpha value is -4.83. The summed E-state index contributed by atoms with van der Waals surface area (Å²) in [6, 6.07) is -1.20. The van der Waals surface area contributed by atoms with Crippen molar-refractivity contribution >= 4 is 41.2 Å². The van der Waals surface area contributed by atoms with Gasteiger partial charge >= 0.3 is 12.1 Å². The van der Waals surface area contributed by atoms with Crippen molar-refractivity contribution in [3.05, 3.63) is 47.6 Å². The molecule has 524 valence electrons. The summed E-state index contributed by atoms with van der Waals surface area (Å²) in [6.07, 6.45) is 9.76. The number of fused-ring (bicyclic) bond motifs is 3. The number of amides is 3. The first-order valence-corrected chi connectivity index (χ1v) is 33.2. The van der Waals surface area contributed by atoms with Crippen LogP contribution in [0.15, 0.2) is 47.6 Å². The number of carbonyl (C=O) groups excluding carboxylic acids is 7. The molecule has 1 saturated carbocycles. The molecule has 2 bridgehead atoms. The SMILES string of the molecule is COCCNC(=O)CCOCCOCCOCCOCCOCCNC(=O)OC1CCC(C[C@@H](C)[C@@H]2CC(=O)[C@H](C)/C=C(\C)C(O)[C@@H](OC)C(=O)[C@H](C)C[C@H](C)/C=C/C=C/C=C(\C)[C@@H](OC)C[C@@H]3CC[C@@H](C)[C@@](O)(O3)C(=O)C(=O)N3CCCC[C@H]3C(=O)O2)C[C@H]1OC. The Balaban J connectivity index is 1.37. The molecule has 3 unspecified atom stereocenters. The number of ketones is 3. The highest BCUT2D eigenvalue weighted by Crippen LogP contribution is 2.38. The second-order valence-corrected chi connectivity index (χ2v) is 25.0. The number of allylic oxidation sites excluding steroid dienone is 6. The van der Waals surface area contributed by atoms with Gasteiger partial charge in [-0.25, -0.2) is 9.59 Å². The predicted octanol–water partition coefficient (Wildman–Crippen LogP) is 6.15. The zero-order valence-corrected chi connectivity index (χ0v) is 56.7. The van der Waals surface area contributed by atoms with Gasteiger partial charge in [-0.05, 0) is 107 Å². The largest absolute Gasteiger partial charge is 0.460 e. The van der Waals surface area contributed by atoms with Crippen LogP contribution in [-0.2, 0) is 85.6 Å². The van der Waals surface area contributed by atoms with E-state index in [2.05, 4.69) is 10.6 Å². The summed E-state index contributed by atoms with van der Waals surface area (Å²) in [6.45, 7) is 17.2. The summed E-state index contributed by atoms with van der Waals surface area (Å²) in [7, 11) is 6.06. The first-order valence-electron chi connectivity index (χ1n) is 33.2. The molecule has 15 atom stereocenters. The van der Waals surface area contributed by atoms with Gasteiger partial charge in [0.1, 0.15) is 36.2 Å². The van der Waals surface area contributed by atoms with Gasteiger partial charge in [0, 0.05) is 85.1 Å². The van der Waals surface area contributed by atoms with Crippen molar-refractivity contribution in [2.75, 3.05) is 121 Å². The van der Waals surface area contributed by atoms with E-state index >= 15 is 0 Å². The molecular formula is C68H111N3O21. The summed E-state index contributed by atoms with van der Waals surface area (Å²) >= 11 is 0. The second-order valence-electron chi connectivity index (χ2n) is 25.0. The molecule has 1 aliphatic carbocycles. The van der Waals surface area contributed by atoms with E-state index in [0.717, 1.165) is 5.57 Å². The van der Waals surface area contributed by atoms with Gasteiger partial charge in [-0.2, -0.15) is 0 Å². The number of carbonyl (C=O) groups is 7. The number of piperidine rings is 1. The Kier molecular flexibility index (Phi) is 37.5. The van der Waals surface area contributed by atoms with Crippen molar-refractivity contribution in [3.63, 3.8) is 0 Å². The Labute approximate surface area is 545 Å². The predicted molar refractivity (Wildman–Crippen MR) is 341 cm³/mol. The van der Waals surface area contributed by atoms with Crippen LogP contribution in [-0.4, -0.2) is 232 Å². The lowest BCUT2D eigenvalue weighted by atomic mass is 9.78. The average Bonchev–Trinajstić information content (AvgIpc) is 1.03. The fourth-order valence-electron chi connectivity index (χ4n) is 12.2. The number of nitrogens with one attached hydrogen (secondary N) is 2. The third-order valence-electron chi connectivity index (χ3n) is 17.8. The number of Topliss-reactive ketones (excluding diaryl/α,β-unsaturated/α-hetero) is 3. The molecule has 2 saturated heterocycles. The van der Waals surface area contributed by atoms with Crippen molar-refractivity contribution in [2.45, 2.75) is 186 Å². The van der Waals surface area contributed by atoms with Crippen LogP contribution in [0.4, 0.5) is 4.79 Å². The monoisotopic (exact) mass is 1310 g/mol. The van der Waals surface area contributed by atoms with E-state index in [-0.39, 0.29) is 74.7 Å². The van der Waals surface area contributed by atoms with Crippen LogP contribution in [0, 0.1) is 35.5 Å². The lowest BCUT2D eigenvalue weighted by Crippen LogP contribution is -2.61. The Bertz CT molecular complexity index is 2380. The van der Waals surface area contributed by atoms with E-state index in [1.807, 2.05) is 51.2 Å². The van der Waals surface area contributed by atoms with Crippen LogP contribution in [0.3, 0.4) is 0 Å². The van der Waals surface area contributed by atoms with Crippen LogP contribution < -0.4 is 10.6 Å². The second kappa shape index (κ2) is 43.3. The number of ether oxygens (including phenoxy) is 12. The standard InChI is InChI=1S/C68H111N3O21/c1-45-17-13-12-14-18-46(2)57(82-9)43-53-22-20-51(7)68(80,92-53)64(76)65(77)71-27-16-15-19-54(71)66(78)90-58(44-55(72)47(3)40-50(6)62(75)63(84-11)61(74)49(5)39-45)48(4)41-52-21-23-56(59(42-52)83-10)91-67(79)70-26-30-86-32-34-88-36-38-89-37-35-87-33-31-85-28-24-60(73)69-25-29-81-8/h12-14,17-18,40,45,47-49,51-54,56-59,62-63,75,80H,15-16,19-39,41-44H2,1-11H3,(H,69,73)(H,70,79)/b14-12+,17-13+,46-18+,50-40+/t45-,47-,48-,49-,51-,52?,53+,54+,56?,57+,58+,59-,62?,63+,68-/m1/s1. The van der Waals surface area contributed by atoms with Crippen molar-refractivity contribution in [1.29, 1.82) is 0 Å². The van der Waals surface area contributed by atoms with Gasteiger partial charge in [0.2, 0.25) is 11.7 Å². The molecule has 0 radical (unpaired) electrons. The Morgan fingerprint density at radius 2 is 1.37 bits per heavy atom. The molecule has 4 rings (SSSR count). The van der Waals surface area contributed by atoms with Crippen LogP contribution >= 0.6 is 0 Å². The maximum atomic E-state index is 14.7. The molecule has 0 aromatic carbocycles. The maximum absolute atomic E-state index is 14.7. The number of aliphatic hydroxyl groups is 2. The highest BCUT2D eigenvalue weighted by molar-refractivity contribution is 6.39. The number of cyclic esters (lactones) is 1. The molecule has 3 amide bonds. The third kappa shape index (κ3) is 27.1. The van der Waals surface area contributed by atoms with Crippen molar-refractivity contribution in [2.24, 2.45) is 35.5 Å². The molecule has 24 nitrogen and oxygen atoms in total. The molecule has 0 aromatic rings. The van der Waals surface area contributed by atoms with E-state index in [4.69, 9.17) is 56.8 Å². The number of aliphatic hydroxyl groups excluding tert-OH is 1. The summed E-state index contributed by atoms with van der Waals surface area (Å²) in [5.41, 5.74) is 1.21. The van der Waals surface area contributed by atoms with Crippen LogP contribution in [0.2, 0.25) is 0 Å². The molecule has 24 heteroatoms. The van der Waals surface area contributed by atoms with Crippen LogP contribution in [0.1, 0.15) is 132 Å². The van der Waals surface area contributed by atoms with E-state index < -0.39 is 102 Å². The fraction of sp³-hybridized carbons (Fsp3) is 0.779. The maximum Gasteiger partial charge on any atom is 0.407 e. The molecule has 92 heavy (non-hydrogen) atoms. The number of hydrogen-bond acceptors (Lipinski definition) is 21. The van der Waals surface area contributed by atoms with Gasteiger partial charge in [0.15, 0.2) is 5.78 Å². The smallest absolute Gasteiger partial charge is 0.407 e. The molecule has 0 aromatic heterocycles. The summed E-state index contributed by atoms with van der Waals surface area (Å²) in [5.74, 6) is -8.67. The van der Waals surface area contributed by atoms with E-state index in [9.17, 15) is 43.8 Å². The molecule has 0 spiro atoms. The van der Waals surface area contributed by atoms with Gasteiger partial charge < -0.3 is 82.6 Å². The molecule has 3 aliphatic heterocycles. The number of nitrogens with zero attached hydrogens (tertiary/aromatic N) is 1.